The van der Waals surface area contributed by atoms with Crippen LogP contribution in [0, 0.1) is 0 Å². The Morgan fingerprint density at radius 2 is 1.92 bits per heavy atom. The minimum Gasteiger partial charge on any atom is -0.497 e. The highest BCUT2D eigenvalue weighted by atomic mass is 16.5. The summed E-state index contributed by atoms with van der Waals surface area (Å²) in [6.07, 6.45) is 1.98. The predicted octanol–water partition coefficient (Wildman–Crippen LogP) is 3.91. The number of para-hydroxylation sites is 1. The van der Waals surface area contributed by atoms with Crippen molar-refractivity contribution in [3.05, 3.63) is 59.7 Å². The van der Waals surface area contributed by atoms with Crippen molar-refractivity contribution in [1.82, 2.24) is 9.88 Å². The van der Waals surface area contributed by atoms with Crippen molar-refractivity contribution in [2.75, 3.05) is 58.6 Å². The number of carbonyl (C=O) groups excluding carboxylic acids is 1. The molecule has 0 saturated carbocycles. The van der Waals surface area contributed by atoms with E-state index >= 15 is 0 Å². The first-order chi connectivity index (χ1) is 17.7. The van der Waals surface area contributed by atoms with Gasteiger partial charge in [0.2, 0.25) is 0 Å². The molecule has 0 N–H and O–H groups in total. The number of hydrogen-bond acceptors (Lipinski definition) is 7. The summed E-state index contributed by atoms with van der Waals surface area (Å²) in [5.41, 5.74) is 2.40. The quantitative estimate of drug-likeness (QED) is 0.473. The molecule has 3 aromatic rings. The zero-order valence-corrected chi connectivity index (χ0v) is 20.9. The summed E-state index contributed by atoms with van der Waals surface area (Å²) in [7, 11) is 3.25. The molecule has 5 rings (SSSR count). The molecule has 190 valence electrons. The Morgan fingerprint density at radius 3 is 2.67 bits per heavy atom. The molecule has 1 unspecified atom stereocenters. The number of morpholine rings is 1. The zero-order valence-electron chi connectivity index (χ0n) is 20.9. The number of aromatic nitrogens is 1. The molecule has 36 heavy (non-hydrogen) atoms. The Hall–Kier alpha value is -3.36. The van der Waals surface area contributed by atoms with Gasteiger partial charge in [0.25, 0.3) is 5.91 Å². The van der Waals surface area contributed by atoms with E-state index < -0.39 is 0 Å². The number of carbonyl (C=O) groups is 1. The maximum atomic E-state index is 13.9. The van der Waals surface area contributed by atoms with Gasteiger partial charge in [0.1, 0.15) is 17.3 Å². The lowest BCUT2D eigenvalue weighted by Crippen LogP contribution is -2.40. The van der Waals surface area contributed by atoms with Gasteiger partial charge in [-0.25, -0.2) is 4.98 Å². The molecule has 2 aromatic carbocycles. The number of hydrogen-bond donors (Lipinski definition) is 0. The molecule has 1 aromatic heterocycles. The van der Waals surface area contributed by atoms with E-state index in [2.05, 4.69) is 11.0 Å². The van der Waals surface area contributed by atoms with Crippen LogP contribution in [0.1, 0.15) is 28.8 Å². The minimum atomic E-state index is -0.0781. The summed E-state index contributed by atoms with van der Waals surface area (Å²) < 4.78 is 22.5. The van der Waals surface area contributed by atoms with Crippen LogP contribution in [0.4, 0.5) is 5.82 Å². The maximum absolute atomic E-state index is 13.9. The first kappa shape index (κ1) is 24.3. The van der Waals surface area contributed by atoms with Crippen molar-refractivity contribution in [3.63, 3.8) is 0 Å². The van der Waals surface area contributed by atoms with Crippen molar-refractivity contribution < 1.29 is 23.7 Å². The van der Waals surface area contributed by atoms with Gasteiger partial charge in [0, 0.05) is 49.8 Å². The Morgan fingerprint density at radius 1 is 1.08 bits per heavy atom. The van der Waals surface area contributed by atoms with E-state index in [0.29, 0.717) is 37.6 Å². The van der Waals surface area contributed by atoms with Gasteiger partial charge in [-0.2, -0.15) is 0 Å². The van der Waals surface area contributed by atoms with Crippen LogP contribution in [-0.4, -0.2) is 75.6 Å². The fourth-order valence-corrected chi connectivity index (χ4v) is 4.92. The molecular formula is C28H33N3O5. The molecule has 0 bridgehead atoms. The third-order valence-corrected chi connectivity index (χ3v) is 6.83. The van der Waals surface area contributed by atoms with Crippen molar-refractivity contribution in [1.29, 1.82) is 0 Å². The van der Waals surface area contributed by atoms with Crippen LogP contribution < -0.4 is 14.4 Å². The van der Waals surface area contributed by atoms with E-state index in [9.17, 15) is 4.79 Å². The largest absolute Gasteiger partial charge is 0.497 e. The highest BCUT2D eigenvalue weighted by Crippen LogP contribution is 2.30. The second-order valence-corrected chi connectivity index (χ2v) is 9.15. The Kier molecular flexibility index (Phi) is 7.53. The van der Waals surface area contributed by atoms with Crippen molar-refractivity contribution >= 4 is 22.6 Å². The van der Waals surface area contributed by atoms with Crippen molar-refractivity contribution in [3.8, 4) is 11.5 Å². The maximum Gasteiger partial charge on any atom is 0.258 e. The van der Waals surface area contributed by atoms with Crippen LogP contribution in [0.2, 0.25) is 0 Å². The van der Waals surface area contributed by atoms with Crippen LogP contribution in [-0.2, 0) is 16.0 Å². The van der Waals surface area contributed by atoms with Gasteiger partial charge < -0.3 is 28.7 Å². The van der Waals surface area contributed by atoms with E-state index in [4.69, 9.17) is 23.9 Å². The summed E-state index contributed by atoms with van der Waals surface area (Å²) in [5.74, 6) is 2.13. The summed E-state index contributed by atoms with van der Waals surface area (Å²) in [4.78, 5) is 23.1. The average molecular weight is 492 g/mol. The third-order valence-electron chi connectivity index (χ3n) is 6.83. The van der Waals surface area contributed by atoms with Crippen LogP contribution in [0.5, 0.6) is 11.5 Å². The number of anilines is 1. The molecular weight excluding hydrogens is 458 g/mol. The van der Waals surface area contributed by atoms with Crippen molar-refractivity contribution in [2.24, 2.45) is 0 Å². The van der Waals surface area contributed by atoms with E-state index in [-0.39, 0.29) is 12.0 Å². The van der Waals surface area contributed by atoms with E-state index in [1.54, 1.807) is 14.2 Å². The zero-order chi connectivity index (χ0) is 24.9. The molecule has 1 amide bonds. The van der Waals surface area contributed by atoms with Gasteiger partial charge in [0.15, 0.2) is 0 Å². The first-order valence-corrected chi connectivity index (χ1v) is 12.5. The molecule has 2 aliphatic rings. The van der Waals surface area contributed by atoms with Gasteiger partial charge in [-0.3, -0.25) is 4.79 Å². The molecule has 2 aliphatic heterocycles. The second-order valence-electron chi connectivity index (χ2n) is 9.15. The van der Waals surface area contributed by atoms with Crippen molar-refractivity contribution in [2.45, 2.75) is 25.5 Å². The lowest BCUT2D eigenvalue weighted by Gasteiger charge is -2.32. The molecule has 8 heteroatoms. The van der Waals surface area contributed by atoms with Gasteiger partial charge in [-0.05, 0) is 43.2 Å². The summed E-state index contributed by atoms with van der Waals surface area (Å²) in [6.45, 7) is 4.47. The van der Waals surface area contributed by atoms with Crippen LogP contribution in [0.3, 0.4) is 0 Å². The number of methoxy groups -OCH3 is 2. The molecule has 3 heterocycles. The Labute approximate surface area is 211 Å². The summed E-state index contributed by atoms with van der Waals surface area (Å²) >= 11 is 0. The van der Waals surface area contributed by atoms with Gasteiger partial charge in [0.05, 0.1) is 44.6 Å². The predicted molar refractivity (Wildman–Crippen MR) is 138 cm³/mol. The number of pyridine rings is 1. The topological polar surface area (TPSA) is 73.4 Å². The Balaban J connectivity index is 1.54. The Bertz CT molecular complexity index is 1210. The molecule has 2 fully saturated rings. The molecule has 2 saturated heterocycles. The number of rotatable bonds is 8. The average Bonchev–Trinajstić information content (AvgIpc) is 3.45. The lowest BCUT2D eigenvalue weighted by molar-refractivity contribution is 0.0504. The highest BCUT2D eigenvalue weighted by molar-refractivity contribution is 5.97. The minimum absolute atomic E-state index is 0.0215. The number of benzene rings is 2. The summed E-state index contributed by atoms with van der Waals surface area (Å²) in [6, 6.07) is 15.4. The smallest absolute Gasteiger partial charge is 0.258 e. The molecule has 8 nitrogen and oxygen atoms in total. The van der Waals surface area contributed by atoms with Crippen LogP contribution in [0.15, 0.2) is 48.5 Å². The number of ether oxygens (including phenoxy) is 4. The lowest BCUT2D eigenvalue weighted by atomic mass is 10.1. The number of fused-ring (bicyclic) bond motifs is 1. The highest BCUT2D eigenvalue weighted by Gasteiger charge is 2.27. The first-order valence-electron chi connectivity index (χ1n) is 12.5. The molecule has 0 radical (unpaired) electrons. The van der Waals surface area contributed by atoms with Gasteiger partial charge in [-0.15, -0.1) is 0 Å². The monoisotopic (exact) mass is 491 g/mol. The molecule has 0 aliphatic carbocycles. The second kappa shape index (κ2) is 11.1. The fourth-order valence-electron chi connectivity index (χ4n) is 4.92. The van der Waals surface area contributed by atoms with Crippen LogP contribution >= 0.6 is 0 Å². The summed E-state index contributed by atoms with van der Waals surface area (Å²) in [5, 5.41) is 1.00. The number of nitrogens with zero attached hydrogens (tertiary/aromatic N) is 3. The molecule has 1 atom stereocenters. The normalized spacial score (nSPS) is 17.8. The van der Waals surface area contributed by atoms with Gasteiger partial charge >= 0.3 is 0 Å². The SMILES string of the molecule is COc1ccc2cc(CN(CC3CCCO3)C(=O)c3ccccc3OC)c(N3CCOCC3)nc2c1. The number of amides is 1. The van der Waals surface area contributed by atoms with E-state index in [0.717, 1.165) is 60.6 Å². The molecule has 0 spiro atoms. The third kappa shape index (κ3) is 5.24. The fraction of sp³-hybridized carbons (Fsp3) is 0.429. The standard InChI is InChI=1S/C28H33N3O5/c1-33-22-10-9-20-16-21(27(29-25(20)17-22)30-11-14-35-15-12-30)18-31(19-23-6-5-13-36-23)28(32)24-7-3-4-8-26(24)34-2/h3-4,7-10,16-17,23H,5-6,11-15,18-19H2,1-2H3. The van der Waals surface area contributed by atoms with E-state index in [1.807, 2.05) is 47.4 Å². The van der Waals surface area contributed by atoms with Gasteiger partial charge in [-0.1, -0.05) is 12.1 Å². The van der Waals surface area contributed by atoms with E-state index in [1.165, 1.54) is 0 Å². The van der Waals surface area contributed by atoms with Crippen LogP contribution in [0.25, 0.3) is 10.9 Å².